The highest BCUT2D eigenvalue weighted by Gasteiger charge is 2.40. The highest BCUT2D eigenvalue weighted by Crippen LogP contribution is 2.40. The molecule has 3 unspecified atom stereocenters. The van der Waals surface area contributed by atoms with E-state index in [0.717, 1.165) is 12.8 Å². The van der Waals surface area contributed by atoms with Gasteiger partial charge in [0.25, 0.3) is 0 Å². The van der Waals surface area contributed by atoms with E-state index in [9.17, 15) is 9.90 Å². The van der Waals surface area contributed by atoms with E-state index in [4.69, 9.17) is 0 Å². The molecule has 0 radical (unpaired) electrons. The van der Waals surface area contributed by atoms with Crippen molar-refractivity contribution in [3.63, 3.8) is 0 Å². The van der Waals surface area contributed by atoms with E-state index in [1.54, 1.807) is 0 Å². The van der Waals surface area contributed by atoms with Gasteiger partial charge in [0.1, 0.15) is 0 Å². The number of allylic oxidation sites excluding steroid dienone is 3. The van der Waals surface area contributed by atoms with Gasteiger partial charge in [0.2, 0.25) is 0 Å². The second-order valence-electron chi connectivity index (χ2n) is 6.09. The van der Waals surface area contributed by atoms with Crippen molar-refractivity contribution in [2.75, 3.05) is 0 Å². The van der Waals surface area contributed by atoms with E-state index in [-0.39, 0.29) is 5.92 Å². The van der Waals surface area contributed by atoms with Crippen LogP contribution in [0.5, 0.6) is 0 Å². The topological polar surface area (TPSA) is 37.3 Å². The zero-order valence-corrected chi connectivity index (χ0v) is 12.8. The lowest BCUT2D eigenvalue weighted by Crippen LogP contribution is -2.35. The first-order chi connectivity index (χ1) is 8.93. The van der Waals surface area contributed by atoms with E-state index in [1.165, 1.54) is 24.8 Å². The number of carboxylic acids is 1. The van der Waals surface area contributed by atoms with Crippen LogP contribution >= 0.6 is 0 Å². The number of unbranched alkanes of at least 4 members (excludes halogenated alkanes) is 1. The van der Waals surface area contributed by atoms with Crippen LogP contribution in [-0.2, 0) is 4.79 Å². The summed E-state index contributed by atoms with van der Waals surface area (Å²) in [6.45, 7) is 8.33. The van der Waals surface area contributed by atoms with E-state index >= 15 is 0 Å². The van der Waals surface area contributed by atoms with E-state index in [2.05, 4.69) is 26.8 Å². The molecule has 0 aliphatic heterocycles. The Morgan fingerprint density at radius 1 is 1.47 bits per heavy atom. The monoisotopic (exact) mass is 264 g/mol. The number of carbonyl (C=O) groups is 1. The van der Waals surface area contributed by atoms with Gasteiger partial charge in [-0.3, -0.25) is 4.79 Å². The Morgan fingerprint density at radius 2 is 2.16 bits per heavy atom. The lowest BCUT2D eigenvalue weighted by molar-refractivity contribution is -0.147. The largest absolute Gasteiger partial charge is 0.481 e. The minimum Gasteiger partial charge on any atom is -0.481 e. The van der Waals surface area contributed by atoms with Crippen LogP contribution in [0.4, 0.5) is 0 Å². The summed E-state index contributed by atoms with van der Waals surface area (Å²) in [5.74, 6) is 0.0545. The summed E-state index contributed by atoms with van der Waals surface area (Å²) in [7, 11) is 0. The van der Waals surface area contributed by atoms with Crippen molar-refractivity contribution in [1.29, 1.82) is 0 Å². The molecule has 1 aliphatic rings. The summed E-state index contributed by atoms with van der Waals surface area (Å²) in [5, 5.41) is 9.54. The highest BCUT2D eigenvalue weighted by atomic mass is 16.4. The molecule has 1 N–H and O–H groups in total. The van der Waals surface area contributed by atoms with Crippen LogP contribution in [0.25, 0.3) is 0 Å². The first kappa shape index (κ1) is 16.0. The molecule has 0 bridgehead atoms. The van der Waals surface area contributed by atoms with Crippen LogP contribution in [0.2, 0.25) is 0 Å². The van der Waals surface area contributed by atoms with Gasteiger partial charge in [-0.2, -0.15) is 0 Å². The lowest BCUT2D eigenvalue weighted by Gasteiger charge is -2.34. The van der Waals surface area contributed by atoms with Crippen LogP contribution in [0, 0.1) is 17.3 Å². The third kappa shape index (κ3) is 3.95. The molecule has 0 amide bonds. The number of hydrogen-bond donors (Lipinski definition) is 1. The molecule has 1 rings (SSSR count). The molecular weight excluding hydrogens is 236 g/mol. The third-order valence-corrected chi connectivity index (χ3v) is 4.52. The molecule has 0 aromatic rings. The maximum absolute atomic E-state index is 11.6. The zero-order chi connectivity index (χ0) is 14.5. The van der Waals surface area contributed by atoms with Gasteiger partial charge in [-0.25, -0.2) is 0 Å². The summed E-state index contributed by atoms with van der Waals surface area (Å²) in [5.41, 5.74) is 0.452. The van der Waals surface area contributed by atoms with Crippen LogP contribution in [0.1, 0.15) is 59.8 Å². The Balaban J connectivity index is 2.82. The van der Waals surface area contributed by atoms with Crippen molar-refractivity contribution < 1.29 is 9.90 Å². The third-order valence-electron chi connectivity index (χ3n) is 4.52. The Hall–Kier alpha value is -1.05. The predicted octanol–water partition coefficient (Wildman–Crippen LogP) is 4.82. The van der Waals surface area contributed by atoms with Crippen LogP contribution in [0.15, 0.2) is 23.8 Å². The van der Waals surface area contributed by atoms with E-state index in [1.807, 2.05) is 19.1 Å². The average Bonchev–Trinajstić information content (AvgIpc) is 2.38. The van der Waals surface area contributed by atoms with Crippen LogP contribution < -0.4 is 0 Å². The summed E-state index contributed by atoms with van der Waals surface area (Å²) >= 11 is 0. The summed E-state index contributed by atoms with van der Waals surface area (Å²) in [6, 6.07) is 0. The lowest BCUT2D eigenvalue weighted by atomic mass is 9.69. The van der Waals surface area contributed by atoms with Crippen LogP contribution in [-0.4, -0.2) is 11.1 Å². The second-order valence-corrected chi connectivity index (χ2v) is 6.09. The fourth-order valence-corrected chi connectivity index (χ4v) is 2.86. The Morgan fingerprint density at radius 3 is 2.68 bits per heavy atom. The molecule has 0 saturated heterocycles. The molecule has 0 saturated carbocycles. The Labute approximate surface area is 117 Å². The van der Waals surface area contributed by atoms with Crippen molar-refractivity contribution in [1.82, 2.24) is 0 Å². The van der Waals surface area contributed by atoms with Crippen molar-refractivity contribution >= 4 is 5.97 Å². The smallest absolute Gasteiger partial charge is 0.313 e. The molecule has 0 aromatic carbocycles. The molecule has 108 valence electrons. The van der Waals surface area contributed by atoms with Gasteiger partial charge in [-0.05, 0) is 32.1 Å². The number of aliphatic carboxylic acids is 1. The maximum Gasteiger partial charge on any atom is 0.313 e. The van der Waals surface area contributed by atoms with Crippen molar-refractivity contribution in [2.45, 2.75) is 59.8 Å². The molecule has 2 heteroatoms. The fraction of sp³-hybridized carbons (Fsp3) is 0.706. The van der Waals surface area contributed by atoms with Gasteiger partial charge in [0.05, 0.1) is 5.41 Å². The molecule has 19 heavy (non-hydrogen) atoms. The quantitative estimate of drug-likeness (QED) is 0.716. The summed E-state index contributed by atoms with van der Waals surface area (Å²) in [4.78, 5) is 11.6. The molecule has 3 atom stereocenters. The van der Waals surface area contributed by atoms with E-state index in [0.29, 0.717) is 5.92 Å². The van der Waals surface area contributed by atoms with E-state index < -0.39 is 11.4 Å². The fourth-order valence-electron chi connectivity index (χ4n) is 2.86. The summed E-state index contributed by atoms with van der Waals surface area (Å²) < 4.78 is 0. The number of carboxylic acid groups (broad SMARTS) is 1. The average molecular weight is 264 g/mol. The molecule has 0 aromatic heterocycles. The van der Waals surface area contributed by atoms with Gasteiger partial charge < -0.3 is 5.11 Å². The molecule has 0 spiro atoms. The number of rotatable bonds is 7. The first-order valence-corrected chi connectivity index (χ1v) is 7.55. The predicted molar refractivity (Wildman–Crippen MR) is 80.1 cm³/mol. The standard InChI is InChI=1S/C17H28O2/c1-5-7-8-14(6-2)12-15-11-13(3)9-10-17(15,4)16(18)19/h9-11,14-15H,5-8,12H2,1-4H3,(H,18,19). The van der Waals surface area contributed by atoms with Crippen molar-refractivity contribution in [3.8, 4) is 0 Å². The minimum absolute atomic E-state index is 0.122. The highest BCUT2D eigenvalue weighted by molar-refractivity contribution is 5.78. The Bertz CT molecular complexity index is 367. The molecule has 0 heterocycles. The van der Waals surface area contributed by atoms with Gasteiger partial charge in [-0.15, -0.1) is 0 Å². The number of hydrogen-bond acceptors (Lipinski definition) is 1. The molecule has 0 fully saturated rings. The SMILES string of the molecule is CCCCC(CC)CC1C=C(C)C=CC1(C)C(=O)O. The first-order valence-electron chi connectivity index (χ1n) is 7.55. The van der Waals surface area contributed by atoms with Gasteiger partial charge >= 0.3 is 5.97 Å². The molecule has 1 aliphatic carbocycles. The van der Waals surface area contributed by atoms with Crippen molar-refractivity contribution in [3.05, 3.63) is 23.8 Å². The van der Waals surface area contributed by atoms with Gasteiger partial charge in [0.15, 0.2) is 0 Å². The van der Waals surface area contributed by atoms with Crippen molar-refractivity contribution in [2.24, 2.45) is 17.3 Å². The van der Waals surface area contributed by atoms with Gasteiger partial charge in [0, 0.05) is 0 Å². The summed E-state index contributed by atoms with van der Waals surface area (Å²) in [6.07, 6.45) is 11.8. The van der Waals surface area contributed by atoms with Crippen LogP contribution in [0.3, 0.4) is 0 Å². The second kappa shape index (κ2) is 6.93. The Kier molecular flexibility index (Phi) is 5.84. The normalized spacial score (nSPS) is 28.0. The zero-order valence-electron chi connectivity index (χ0n) is 12.8. The van der Waals surface area contributed by atoms with Gasteiger partial charge in [-0.1, -0.05) is 63.3 Å². The molecular formula is C17H28O2. The minimum atomic E-state index is -0.737. The molecule has 2 nitrogen and oxygen atoms in total. The maximum atomic E-state index is 11.6.